The molecule has 1 aliphatic rings. The second-order valence-electron chi connectivity index (χ2n) is 5.60. The largest absolute Gasteiger partial charge is 0.383 e. The first-order chi connectivity index (χ1) is 9.05. The molecule has 1 unspecified atom stereocenters. The molecule has 19 heavy (non-hydrogen) atoms. The zero-order valence-corrected chi connectivity index (χ0v) is 11.6. The first-order valence-electron chi connectivity index (χ1n) is 6.65. The number of hydrogen-bond donors (Lipinski definition) is 2. The second kappa shape index (κ2) is 5.72. The van der Waals surface area contributed by atoms with Crippen LogP contribution in [0.2, 0.25) is 0 Å². The first-order valence-corrected chi connectivity index (χ1v) is 6.65. The number of ether oxygens (including phenoxy) is 1. The summed E-state index contributed by atoms with van der Waals surface area (Å²) in [5.41, 5.74) is 7.20. The molecule has 1 atom stereocenters. The summed E-state index contributed by atoms with van der Waals surface area (Å²) in [5, 5.41) is 2.98. The van der Waals surface area contributed by atoms with E-state index in [0.717, 1.165) is 12.8 Å². The normalized spacial score (nSPS) is 27.4. The van der Waals surface area contributed by atoms with Crippen molar-refractivity contribution in [1.82, 2.24) is 5.32 Å². The molecule has 1 saturated carbocycles. The Morgan fingerprint density at radius 1 is 1.47 bits per heavy atom. The molecular formula is C15H22N2O2. The lowest BCUT2D eigenvalue weighted by atomic mass is 9.63. The average molecular weight is 262 g/mol. The molecule has 1 aromatic carbocycles. The van der Waals surface area contributed by atoms with E-state index >= 15 is 0 Å². The van der Waals surface area contributed by atoms with Crippen molar-refractivity contribution in [3.8, 4) is 0 Å². The Morgan fingerprint density at radius 2 is 2.11 bits per heavy atom. The molecule has 0 spiro atoms. The third-order valence-corrected chi connectivity index (χ3v) is 3.89. The average Bonchev–Trinajstić information content (AvgIpc) is 2.38. The van der Waals surface area contributed by atoms with Crippen LogP contribution in [0.25, 0.3) is 0 Å². The fourth-order valence-electron chi connectivity index (χ4n) is 2.77. The smallest absolute Gasteiger partial charge is 0.239 e. The van der Waals surface area contributed by atoms with Gasteiger partial charge in [0.05, 0.1) is 6.61 Å². The van der Waals surface area contributed by atoms with Gasteiger partial charge in [0.1, 0.15) is 6.04 Å². The van der Waals surface area contributed by atoms with Gasteiger partial charge in [-0.3, -0.25) is 4.79 Å². The van der Waals surface area contributed by atoms with Crippen molar-refractivity contribution in [3.63, 3.8) is 0 Å². The third-order valence-electron chi connectivity index (χ3n) is 3.89. The van der Waals surface area contributed by atoms with Crippen LogP contribution in [-0.2, 0) is 14.9 Å². The molecule has 1 amide bonds. The van der Waals surface area contributed by atoms with Crippen LogP contribution in [0, 0.1) is 0 Å². The lowest BCUT2D eigenvalue weighted by Crippen LogP contribution is -2.55. The minimum Gasteiger partial charge on any atom is -0.383 e. The summed E-state index contributed by atoms with van der Waals surface area (Å²) in [7, 11) is 1.54. The Kier molecular flexibility index (Phi) is 4.22. The van der Waals surface area contributed by atoms with Crippen molar-refractivity contribution in [1.29, 1.82) is 0 Å². The Hall–Kier alpha value is -1.39. The highest BCUT2D eigenvalue weighted by Gasteiger charge is 2.42. The first kappa shape index (κ1) is 14.0. The number of nitrogens with one attached hydrogen (secondary N) is 1. The summed E-state index contributed by atoms with van der Waals surface area (Å²) in [4.78, 5) is 11.8. The van der Waals surface area contributed by atoms with Crippen molar-refractivity contribution in [2.45, 2.75) is 37.3 Å². The summed E-state index contributed by atoms with van der Waals surface area (Å²) < 4.78 is 4.88. The minimum absolute atomic E-state index is 0.123. The van der Waals surface area contributed by atoms with Gasteiger partial charge in [0.25, 0.3) is 0 Å². The molecule has 0 radical (unpaired) electrons. The molecule has 1 aromatic rings. The van der Waals surface area contributed by atoms with Crippen LogP contribution >= 0.6 is 0 Å². The Bertz CT molecular complexity index is 427. The van der Waals surface area contributed by atoms with E-state index in [9.17, 15) is 4.79 Å². The van der Waals surface area contributed by atoms with Crippen molar-refractivity contribution in [2.75, 3.05) is 13.7 Å². The highest BCUT2D eigenvalue weighted by Crippen LogP contribution is 2.43. The summed E-state index contributed by atoms with van der Waals surface area (Å²) >= 11 is 0. The summed E-state index contributed by atoms with van der Waals surface area (Å²) in [6.07, 6.45) is 1.92. The van der Waals surface area contributed by atoms with Crippen LogP contribution in [0.3, 0.4) is 0 Å². The highest BCUT2D eigenvalue weighted by molar-refractivity contribution is 5.82. The second-order valence-corrected chi connectivity index (χ2v) is 5.60. The standard InChI is InChI=1S/C15H22N2O2/c1-15(11-6-4-3-5-7-11)8-12(9-15)17-14(18)13(16)10-19-2/h3-7,12-13H,8-10,16H2,1-2H3,(H,17,18). The lowest BCUT2D eigenvalue weighted by molar-refractivity contribution is -0.125. The molecule has 1 fully saturated rings. The van der Waals surface area contributed by atoms with Gasteiger partial charge in [-0.1, -0.05) is 37.3 Å². The van der Waals surface area contributed by atoms with E-state index in [4.69, 9.17) is 10.5 Å². The zero-order chi connectivity index (χ0) is 13.9. The number of carbonyl (C=O) groups is 1. The molecule has 4 heteroatoms. The van der Waals surface area contributed by atoms with E-state index in [1.807, 2.05) is 6.07 Å². The van der Waals surface area contributed by atoms with E-state index in [-0.39, 0.29) is 24.0 Å². The molecule has 0 heterocycles. The van der Waals surface area contributed by atoms with Crippen LogP contribution < -0.4 is 11.1 Å². The summed E-state index contributed by atoms with van der Waals surface area (Å²) in [6, 6.07) is 10.1. The Labute approximate surface area is 114 Å². The van der Waals surface area contributed by atoms with E-state index in [2.05, 4.69) is 36.5 Å². The van der Waals surface area contributed by atoms with E-state index in [0.29, 0.717) is 0 Å². The topological polar surface area (TPSA) is 64.3 Å². The fourth-order valence-corrected chi connectivity index (χ4v) is 2.77. The number of rotatable bonds is 5. The molecule has 0 aliphatic heterocycles. The maximum absolute atomic E-state index is 11.8. The maximum atomic E-state index is 11.8. The number of amides is 1. The predicted octanol–water partition coefficient (Wildman–Crippen LogP) is 1.20. The van der Waals surface area contributed by atoms with Crippen LogP contribution in [0.1, 0.15) is 25.3 Å². The van der Waals surface area contributed by atoms with Gasteiger partial charge < -0.3 is 15.8 Å². The predicted molar refractivity (Wildman–Crippen MR) is 74.8 cm³/mol. The third kappa shape index (κ3) is 3.14. The lowest BCUT2D eigenvalue weighted by Gasteiger charge is -2.46. The van der Waals surface area contributed by atoms with Crippen molar-refractivity contribution < 1.29 is 9.53 Å². The van der Waals surface area contributed by atoms with Crippen LogP contribution in [0.4, 0.5) is 0 Å². The molecule has 0 bridgehead atoms. The van der Waals surface area contributed by atoms with Crippen LogP contribution in [0.5, 0.6) is 0 Å². The van der Waals surface area contributed by atoms with Crippen LogP contribution in [-0.4, -0.2) is 31.7 Å². The van der Waals surface area contributed by atoms with Crippen molar-refractivity contribution >= 4 is 5.91 Å². The fraction of sp³-hybridized carbons (Fsp3) is 0.533. The van der Waals surface area contributed by atoms with Gasteiger partial charge in [0, 0.05) is 13.2 Å². The van der Waals surface area contributed by atoms with E-state index < -0.39 is 6.04 Å². The number of benzene rings is 1. The van der Waals surface area contributed by atoms with E-state index in [1.54, 1.807) is 7.11 Å². The molecule has 1 aliphatic carbocycles. The quantitative estimate of drug-likeness (QED) is 0.838. The molecule has 0 saturated heterocycles. The SMILES string of the molecule is COCC(N)C(=O)NC1CC(C)(c2ccccc2)C1. The number of methoxy groups -OCH3 is 1. The molecule has 2 rings (SSSR count). The van der Waals surface area contributed by atoms with Gasteiger partial charge in [-0.05, 0) is 23.8 Å². The Balaban J connectivity index is 1.85. The van der Waals surface area contributed by atoms with Crippen LogP contribution in [0.15, 0.2) is 30.3 Å². The van der Waals surface area contributed by atoms with Gasteiger partial charge in [0.2, 0.25) is 5.91 Å². The highest BCUT2D eigenvalue weighted by atomic mass is 16.5. The van der Waals surface area contributed by atoms with Crippen molar-refractivity contribution in [2.24, 2.45) is 5.73 Å². The Morgan fingerprint density at radius 3 is 2.68 bits per heavy atom. The molecule has 0 aromatic heterocycles. The molecule has 4 nitrogen and oxygen atoms in total. The molecule has 104 valence electrons. The number of carbonyl (C=O) groups excluding carboxylic acids is 1. The zero-order valence-electron chi connectivity index (χ0n) is 11.6. The maximum Gasteiger partial charge on any atom is 0.239 e. The van der Waals surface area contributed by atoms with Gasteiger partial charge in [-0.2, -0.15) is 0 Å². The van der Waals surface area contributed by atoms with Crippen molar-refractivity contribution in [3.05, 3.63) is 35.9 Å². The number of hydrogen-bond acceptors (Lipinski definition) is 3. The van der Waals surface area contributed by atoms with E-state index in [1.165, 1.54) is 5.56 Å². The van der Waals surface area contributed by atoms with Gasteiger partial charge in [-0.25, -0.2) is 0 Å². The summed E-state index contributed by atoms with van der Waals surface area (Å²) in [6.45, 7) is 2.49. The molecule has 3 N–H and O–H groups in total. The van der Waals surface area contributed by atoms with Gasteiger partial charge in [0.15, 0.2) is 0 Å². The molecular weight excluding hydrogens is 240 g/mol. The van der Waals surface area contributed by atoms with Gasteiger partial charge >= 0.3 is 0 Å². The monoisotopic (exact) mass is 262 g/mol. The summed E-state index contributed by atoms with van der Waals surface area (Å²) in [5.74, 6) is -0.123. The number of nitrogens with two attached hydrogens (primary N) is 1. The van der Waals surface area contributed by atoms with Gasteiger partial charge in [-0.15, -0.1) is 0 Å². The minimum atomic E-state index is -0.575.